The van der Waals surface area contributed by atoms with Gasteiger partial charge in [0.15, 0.2) is 0 Å². The standard InChI is InChI=1S/C16H19N5OS/c1-11(12-3-4-14-13(9-12)17-10-23-14)20-6-5-15-18-19(2)16(22)21(15)8-7-20/h3-4,9-11H,5-8H2,1-2H3. The van der Waals surface area contributed by atoms with E-state index in [4.69, 9.17) is 0 Å². The molecular weight excluding hydrogens is 310 g/mol. The van der Waals surface area contributed by atoms with Crippen molar-refractivity contribution in [3.05, 3.63) is 45.6 Å². The fourth-order valence-electron chi connectivity index (χ4n) is 3.28. The van der Waals surface area contributed by atoms with Crippen molar-refractivity contribution in [2.75, 3.05) is 13.1 Å². The van der Waals surface area contributed by atoms with Crippen LogP contribution in [0.1, 0.15) is 24.4 Å². The summed E-state index contributed by atoms with van der Waals surface area (Å²) in [5.74, 6) is 0.891. The van der Waals surface area contributed by atoms with Crippen molar-refractivity contribution in [2.24, 2.45) is 7.05 Å². The van der Waals surface area contributed by atoms with Crippen molar-refractivity contribution < 1.29 is 0 Å². The number of thiazole rings is 1. The molecule has 0 saturated heterocycles. The molecule has 23 heavy (non-hydrogen) atoms. The van der Waals surface area contributed by atoms with Crippen molar-refractivity contribution in [1.82, 2.24) is 24.2 Å². The Morgan fingerprint density at radius 2 is 2.13 bits per heavy atom. The number of rotatable bonds is 2. The van der Waals surface area contributed by atoms with E-state index in [9.17, 15) is 4.79 Å². The van der Waals surface area contributed by atoms with E-state index in [2.05, 4.69) is 40.1 Å². The Labute approximate surface area is 138 Å². The van der Waals surface area contributed by atoms with E-state index < -0.39 is 0 Å². The average Bonchev–Trinajstić information content (AvgIpc) is 3.05. The number of aromatic nitrogens is 4. The van der Waals surface area contributed by atoms with Crippen LogP contribution in [-0.2, 0) is 20.0 Å². The summed E-state index contributed by atoms with van der Waals surface area (Å²) in [6.45, 7) is 4.69. The fourth-order valence-corrected chi connectivity index (χ4v) is 3.94. The quantitative estimate of drug-likeness (QED) is 0.719. The van der Waals surface area contributed by atoms with Crippen molar-refractivity contribution in [3.8, 4) is 0 Å². The molecule has 0 N–H and O–H groups in total. The molecular formula is C16H19N5OS. The normalized spacial score (nSPS) is 17.1. The lowest BCUT2D eigenvalue weighted by molar-refractivity contribution is 0.214. The van der Waals surface area contributed by atoms with Crippen LogP contribution in [0.2, 0.25) is 0 Å². The SMILES string of the molecule is CC(c1ccc2scnc2c1)N1CCc2nn(C)c(=O)n2CC1. The van der Waals surface area contributed by atoms with E-state index in [0.717, 1.165) is 30.9 Å². The van der Waals surface area contributed by atoms with Gasteiger partial charge in [-0.3, -0.25) is 9.47 Å². The van der Waals surface area contributed by atoms with Crippen LogP contribution in [0.3, 0.4) is 0 Å². The van der Waals surface area contributed by atoms with Gasteiger partial charge in [0.2, 0.25) is 0 Å². The first-order valence-electron chi connectivity index (χ1n) is 7.83. The van der Waals surface area contributed by atoms with Crippen molar-refractivity contribution in [1.29, 1.82) is 0 Å². The smallest absolute Gasteiger partial charge is 0.294 e. The molecule has 0 radical (unpaired) electrons. The van der Waals surface area contributed by atoms with Gasteiger partial charge in [-0.15, -0.1) is 11.3 Å². The maximum Gasteiger partial charge on any atom is 0.345 e. The van der Waals surface area contributed by atoms with Gasteiger partial charge in [0, 0.05) is 39.1 Å². The van der Waals surface area contributed by atoms with E-state index in [1.165, 1.54) is 14.9 Å². The van der Waals surface area contributed by atoms with E-state index >= 15 is 0 Å². The first-order valence-corrected chi connectivity index (χ1v) is 8.71. The van der Waals surface area contributed by atoms with Crippen molar-refractivity contribution in [2.45, 2.75) is 25.9 Å². The summed E-state index contributed by atoms with van der Waals surface area (Å²) in [5, 5.41) is 4.34. The molecule has 0 fully saturated rings. The van der Waals surface area contributed by atoms with Crippen LogP contribution >= 0.6 is 11.3 Å². The minimum Gasteiger partial charge on any atom is -0.294 e. The molecule has 1 unspecified atom stereocenters. The Bertz CT molecular complexity index is 909. The largest absolute Gasteiger partial charge is 0.345 e. The molecule has 0 spiro atoms. The molecule has 0 aliphatic carbocycles. The lowest BCUT2D eigenvalue weighted by atomic mass is 10.1. The zero-order chi connectivity index (χ0) is 16.0. The van der Waals surface area contributed by atoms with Gasteiger partial charge in [0.05, 0.1) is 15.7 Å². The third kappa shape index (κ3) is 2.49. The van der Waals surface area contributed by atoms with E-state index in [0.29, 0.717) is 12.6 Å². The third-order valence-corrected chi connectivity index (χ3v) is 5.51. The molecule has 3 aromatic rings. The predicted molar refractivity (Wildman–Crippen MR) is 90.8 cm³/mol. The maximum atomic E-state index is 12.1. The highest BCUT2D eigenvalue weighted by Gasteiger charge is 2.22. The van der Waals surface area contributed by atoms with Gasteiger partial charge in [-0.2, -0.15) is 5.10 Å². The molecule has 0 amide bonds. The summed E-state index contributed by atoms with van der Waals surface area (Å²) < 4.78 is 4.46. The highest BCUT2D eigenvalue weighted by molar-refractivity contribution is 7.16. The summed E-state index contributed by atoms with van der Waals surface area (Å²) in [6.07, 6.45) is 0.805. The summed E-state index contributed by atoms with van der Waals surface area (Å²) in [6, 6.07) is 6.82. The molecule has 3 heterocycles. The van der Waals surface area contributed by atoms with Crippen molar-refractivity contribution >= 4 is 21.6 Å². The second-order valence-corrected chi connectivity index (χ2v) is 6.90. The first-order chi connectivity index (χ1) is 11.1. The first kappa shape index (κ1) is 14.6. The number of benzene rings is 1. The predicted octanol–water partition coefficient (Wildman–Crippen LogP) is 1.81. The molecule has 120 valence electrons. The molecule has 1 atom stereocenters. The lowest BCUT2D eigenvalue weighted by Crippen LogP contribution is -2.32. The number of hydrogen-bond acceptors (Lipinski definition) is 5. The van der Waals surface area contributed by atoms with E-state index in [1.807, 2.05) is 5.51 Å². The van der Waals surface area contributed by atoms with Gasteiger partial charge in [0.25, 0.3) is 0 Å². The lowest BCUT2D eigenvalue weighted by Gasteiger charge is -2.27. The molecule has 0 bridgehead atoms. The second-order valence-electron chi connectivity index (χ2n) is 6.02. The molecule has 1 aromatic carbocycles. The van der Waals surface area contributed by atoms with Crippen LogP contribution in [0, 0.1) is 0 Å². The van der Waals surface area contributed by atoms with Crippen LogP contribution in [-0.4, -0.2) is 37.3 Å². The maximum absolute atomic E-state index is 12.1. The van der Waals surface area contributed by atoms with Crippen LogP contribution in [0.5, 0.6) is 0 Å². The minimum absolute atomic E-state index is 0.0154. The highest BCUT2D eigenvalue weighted by Crippen LogP contribution is 2.26. The molecule has 2 aromatic heterocycles. The fraction of sp³-hybridized carbons (Fsp3) is 0.438. The molecule has 1 aliphatic heterocycles. The Morgan fingerprint density at radius 3 is 3.00 bits per heavy atom. The molecule has 7 heteroatoms. The number of fused-ring (bicyclic) bond motifs is 2. The highest BCUT2D eigenvalue weighted by atomic mass is 32.1. The van der Waals surface area contributed by atoms with Crippen LogP contribution in [0.25, 0.3) is 10.2 Å². The Balaban J connectivity index is 1.57. The van der Waals surface area contributed by atoms with Gasteiger partial charge in [-0.05, 0) is 24.6 Å². The second kappa shape index (κ2) is 5.58. The molecule has 6 nitrogen and oxygen atoms in total. The van der Waals surface area contributed by atoms with Crippen LogP contribution in [0.4, 0.5) is 0 Å². The van der Waals surface area contributed by atoms with Crippen LogP contribution in [0.15, 0.2) is 28.5 Å². The molecule has 1 aliphatic rings. The average molecular weight is 329 g/mol. The van der Waals surface area contributed by atoms with Gasteiger partial charge >= 0.3 is 5.69 Å². The topological polar surface area (TPSA) is 56.0 Å². The summed E-state index contributed by atoms with van der Waals surface area (Å²) in [7, 11) is 1.72. The Hall–Kier alpha value is -1.99. The monoisotopic (exact) mass is 329 g/mol. The summed E-state index contributed by atoms with van der Waals surface area (Å²) >= 11 is 1.67. The molecule has 4 rings (SSSR count). The Morgan fingerprint density at radius 1 is 1.26 bits per heavy atom. The van der Waals surface area contributed by atoms with Crippen molar-refractivity contribution in [3.63, 3.8) is 0 Å². The minimum atomic E-state index is -0.0154. The van der Waals surface area contributed by atoms with E-state index in [-0.39, 0.29) is 5.69 Å². The zero-order valence-electron chi connectivity index (χ0n) is 13.3. The number of nitrogens with zero attached hydrogens (tertiary/aromatic N) is 5. The third-order valence-electron chi connectivity index (χ3n) is 4.70. The van der Waals surface area contributed by atoms with Gasteiger partial charge in [-0.25, -0.2) is 14.5 Å². The van der Waals surface area contributed by atoms with E-state index in [1.54, 1.807) is 23.0 Å². The zero-order valence-corrected chi connectivity index (χ0v) is 14.1. The summed E-state index contributed by atoms with van der Waals surface area (Å²) in [5.41, 5.74) is 4.21. The van der Waals surface area contributed by atoms with Gasteiger partial charge < -0.3 is 0 Å². The summed E-state index contributed by atoms with van der Waals surface area (Å²) in [4.78, 5) is 18.9. The van der Waals surface area contributed by atoms with Crippen LogP contribution < -0.4 is 5.69 Å². The van der Waals surface area contributed by atoms with Gasteiger partial charge in [-0.1, -0.05) is 6.07 Å². The number of hydrogen-bond donors (Lipinski definition) is 0. The van der Waals surface area contributed by atoms with Gasteiger partial charge in [0.1, 0.15) is 5.82 Å². The molecule has 0 saturated carbocycles. The number of aryl methyl sites for hydroxylation is 1. The Kier molecular flexibility index (Phi) is 3.54.